The van der Waals surface area contributed by atoms with Crippen molar-refractivity contribution in [3.8, 4) is 0 Å². The molecule has 2 aromatic carbocycles. The molecule has 15 nitrogen and oxygen atoms in total. The molecule has 2 aromatic rings. The zero-order valence-electron chi connectivity index (χ0n) is 32.1. The third-order valence-electron chi connectivity index (χ3n) is 10.6. The van der Waals surface area contributed by atoms with Gasteiger partial charge in [0.2, 0.25) is 26.0 Å². The molecule has 4 unspecified atom stereocenters. The number of unbranched alkanes of at least 4 members (excludes halogenated alkanes) is 1. The summed E-state index contributed by atoms with van der Waals surface area (Å²) >= 11 is 0. The zero-order chi connectivity index (χ0) is 40.4. The third kappa shape index (κ3) is 10.9. The minimum atomic E-state index is -3.90. The van der Waals surface area contributed by atoms with Crippen LogP contribution in [0, 0.1) is 0 Å². The molecule has 19 heteroatoms. The van der Waals surface area contributed by atoms with Gasteiger partial charge in [0.05, 0.1) is 28.5 Å². The van der Waals surface area contributed by atoms with Crippen LogP contribution in [0.15, 0.2) is 65.2 Å². The van der Waals surface area contributed by atoms with Crippen molar-refractivity contribution in [1.82, 2.24) is 19.4 Å². The number of nitrogens with zero attached hydrogens (tertiary/aromatic N) is 3. The Balaban J connectivity index is 1.13. The molecular formula is C36H57N7O8S4. The standard InChI is InChI=1S/C36H57N7O8S4/c1-6-52(45,46)21-17-36(2,3)51-26-40-54(47,48)22-20-42(34(44)16-8-7-14-32-35-33-25-53(32,33)35)23-27(37)24-43(38)19-18-39-55(49,50)31-15-10-11-28-29(31)12-9-13-30(28)41(4)5/h6,9-13,15,24,32-33,35,39-40H,1,7-8,14,16-23,25-26,37-38H2,2-5H3/b27-24-. The fraction of sp³-hybridized carbons (Fsp3) is 0.583. The predicted octanol–water partition coefficient (Wildman–Crippen LogP) is 2.12. The maximum Gasteiger partial charge on any atom is 0.241 e. The number of carbonyl (C=O) groups excluding carboxylic acids is 1. The van der Waals surface area contributed by atoms with E-state index >= 15 is 0 Å². The topological polar surface area (TPSA) is 215 Å². The Hall–Kier alpha value is -2.91. The van der Waals surface area contributed by atoms with Crippen molar-refractivity contribution in [2.45, 2.75) is 72.2 Å². The van der Waals surface area contributed by atoms with Crippen LogP contribution in [0.2, 0.25) is 0 Å². The first-order valence-electron chi connectivity index (χ1n) is 18.4. The molecule has 0 radical (unpaired) electrons. The molecule has 308 valence electrons. The highest BCUT2D eigenvalue weighted by Crippen LogP contribution is 3.09. The fourth-order valence-corrected chi connectivity index (χ4v) is 15.5. The number of sulfonamides is 2. The van der Waals surface area contributed by atoms with Gasteiger partial charge in [0.25, 0.3) is 0 Å². The minimum absolute atomic E-state index is 0.0343. The number of ether oxygens (including phenoxy) is 1. The van der Waals surface area contributed by atoms with Crippen LogP contribution < -0.4 is 25.9 Å². The van der Waals surface area contributed by atoms with Crippen LogP contribution in [0.1, 0.15) is 46.0 Å². The van der Waals surface area contributed by atoms with E-state index in [1.165, 1.54) is 21.9 Å². The van der Waals surface area contributed by atoms with E-state index < -0.39 is 41.2 Å². The lowest BCUT2D eigenvalue weighted by Gasteiger charge is -2.26. The number of sulfone groups is 1. The average Bonchev–Trinajstić information content (AvgIpc) is 4.05. The van der Waals surface area contributed by atoms with E-state index in [1.807, 2.05) is 37.2 Å². The molecule has 1 spiro atoms. The monoisotopic (exact) mass is 843 g/mol. The Morgan fingerprint density at radius 3 is 2.36 bits per heavy atom. The van der Waals surface area contributed by atoms with Crippen molar-refractivity contribution in [2.24, 2.45) is 11.6 Å². The first-order valence-corrected chi connectivity index (χ1v) is 25.2. The molecule has 55 heavy (non-hydrogen) atoms. The third-order valence-corrected chi connectivity index (χ3v) is 19.5. The summed E-state index contributed by atoms with van der Waals surface area (Å²) < 4.78 is 86.7. The largest absolute Gasteiger partial charge is 0.399 e. The molecule has 1 amide bonds. The second-order valence-electron chi connectivity index (χ2n) is 15.3. The van der Waals surface area contributed by atoms with Crippen LogP contribution in [0.5, 0.6) is 0 Å². The first-order chi connectivity index (χ1) is 25.7. The maximum absolute atomic E-state index is 13.4. The van der Waals surface area contributed by atoms with Crippen molar-refractivity contribution in [2.75, 3.05) is 69.2 Å². The van der Waals surface area contributed by atoms with Gasteiger partial charge in [-0.1, -0.05) is 37.3 Å². The summed E-state index contributed by atoms with van der Waals surface area (Å²) in [4.78, 5) is 16.9. The van der Waals surface area contributed by atoms with Crippen LogP contribution in [-0.4, -0.2) is 127 Å². The highest BCUT2D eigenvalue weighted by Gasteiger charge is 2.93. The van der Waals surface area contributed by atoms with Gasteiger partial charge in [0.15, 0.2) is 9.84 Å². The van der Waals surface area contributed by atoms with Crippen molar-refractivity contribution >= 4 is 62.3 Å². The van der Waals surface area contributed by atoms with E-state index in [1.54, 1.807) is 32.0 Å². The van der Waals surface area contributed by atoms with E-state index in [4.69, 9.17) is 16.3 Å². The number of nitrogens with two attached hydrogens (primary N) is 2. The van der Waals surface area contributed by atoms with Crippen molar-refractivity contribution < 1.29 is 34.8 Å². The highest BCUT2D eigenvalue weighted by molar-refractivity contribution is 8.54. The molecule has 3 heterocycles. The molecule has 0 bridgehead atoms. The lowest BCUT2D eigenvalue weighted by Crippen LogP contribution is -2.42. The smallest absolute Gasteiger partial charge is 0.241 e. The van der Waals surface area contributed by atoms with E-state index in [0.717, 1.165) is 45.1 Å². The van der Waals surface area contributed by atoms with Crippen LogP contribution in [0.4, 0.5) is 5.69 Å². The summed E-state index contributed by atoms with van der Waals surface area (Å²) in [6, 6.07) is 10.6. The first kappa shape index (κ1) is 43.2. The number of carbonyl (C=O) groups is 1. The summed E-state index contributed by atoms with van der Waals surface area (Å²) in [5.41, 5.74) is 6.46. The normalized spacial score (nSPS) is 22.9. The van der Waals surface area contributed by atoms with Gasteiger partial charge in [-0.05, 0) is 51.0 Å². The molecule has 4 atom stereocenters. The molecule has 0 aromatic heterocycles. The molecular weight excluding hydrogens is 787 g/mol. The maximum atomic E-state index is 13.4. The van der Waals surface area contributed by atoms with Gasteiger partial charge in [-0.2, -0.15) is 4.72 Å². The number of amides is 1. The molecule has 0 aliphatic carbocycles. The second-order valence-corrected chi connectivity index (χ2v) is 25.0. The van der Waals surface area contributed by atoms with Gasteiger partial charge in [-0.15, -0.1) is 0 Å². The van der Waals surface area contributed by atoms with Crippen molar-refractivity contribution in [3.05, 3.63) is 60.3 Å². The summed E-state index contributed by atoms with van der Waals surface area (Å²) in [6.45, 7) is 6.03. The van der Waals surface area contributed by atoms with Crippen LogP contribution >= 0.6 is 10.0 Å². The van der Waals surface area contributed by atoms with E-state index in [9.17, 15) is 30.0 Å². The predicted molar refractivity (Wildman–Crippen MR) is 221 cm³/mol. The van der Waals surface area contributed by atoms with Crippen LogP contribution in [0.3, 0.4) is 0 Å². The Morgan fingerprint density at radius 1 is 1.02 bits per heavy atom. The number of fused-ring (bicyclic) bond motifs is 2. The SMILES string of the molecule is C=CS(=O)(=O)CCC(C)(C)OCNS(=O)(=O)CCN(C/C(N)=C/N(N)CCNS(=O)(=O)c1cccc2c(N(C)C)cccc12)C(=O)CCCCC1C2C3CS132. The Kier molecular flexibility index (Phi) is 13.3. The van der Waals surface area contributed by atoms with E-state index in [2.05, 4.69) is 16.0 Å². The molecule has 5 rings (SSSR count). The molecule has 6 N–H and O–H groups in total. The number of anilines is 1. The molecule has 3 fully saturated rings. The molecule has 3 aliphatic rings. The molecule has 0 saturated carbocycles. The van der Waals surface area contributed by atoms with Gasteiger partial charge < -0.3 is 25.3 Å². The second kappa shape index (κ2) is 16.9. The number of nitrogens with one attached hydrogen (secondary N) is 2. The zero-order valence-corrected chi connectivity index (χ0v) is 35.4. The lowest BCUT2D eigenvalue weighted by molar-refractivity contribution is -0.130. The average molecular weight is 844 g/mol. The molecule has 3 aliphatic heterocycles. The highest BCUT2D eigenvalue weighted by atomic mass is 32.3. The van der Waals surface area contributed by atoms with Crippen LogP contribution in [-0.2, 0) is 39.4 Å². The van der Waals surface area contributed by atoms with Crippen molar-refractivity contribution in [1.29, 1.82) is 0 Å². The number of benzene rings is 2. The summed E-state index contributed by atoms with van der Waals surface area (Å²) in [5.74, 6) is 6.78. The van der Waals surface area contributed by atoms with Gasteiger partial charge in [0.1, 0.15) is 6.73 Å². The Labute approximate surface area is 328 Å². The van der Waals surface area contributed by atoms with E-state index in [-0.39, 0.29) is 78.0 Å². The Morgan fingerprint density at radius 2 is 1.71 bits per heavy atom. The quantitative estimate of drug-likeness (QED) is 0.0372. The number of hydrogen-bond donors (Lipinski definition) is 4. The molecule has 3 saturated heterocycles. The Bertz CT molecular complexity index is 2110. The lowest BCUT2D eigenvalue weighted by atomic mass is 10.1. The van der Waals surface area contributed by atoms with Gasteiger partial charge in [-0.25, -0.2) is 45.8 Å². The van der Waals surface area contributed by atoms with E-state index in [0.29, 0.717) is 11.8 Å². The summed E-state index contributed by atoms with van der Waals surface area (Å²) in [6.07, 6.45) is 4.60. The van der Waals surface area contributed by atoms with Crippen molar-refractivity contribution in [3.63, 3.8) is 0 Å². The fourth-order valence-electron chi connectivity index (χ4n) is 7.16. The summed E-state index contributed by atoms with van der Waals surface area (Å²) in [7, 11) is -7.61. The van der Waals surface area contributed by atoms with Gasteiger partial charge in [-0.3, -0.25) is 4.79 Å². The number of hydrogen-bond acceptors (Lipinski definition) is 12. The summed E-state index contributed by atoms with van der Waals surface area (Å²) in [5, 5.41) is 6.47. The van der Waals surface area contributed by atoms with Crippen LogP contribution in [0.25, 0.3) is 10.8 Å². The number of rotatable bonds is 25. The number of hydrazine groups is 1. The van der Waals surface area contributed by atoms with Gasteiger partial charge in [0, 0.05) is 89.7 Å². The van der Waals surface area contributed by atoms with Gasteiger partial charge >= 0.3 is 0 Å². The minimum Gasteiger partial charge on any atom is -0.399 e.